The number of nitrogens with two attached hydrogens (primary N) is 1. The van der Waals surface area contributed by atoms with Crippen molar-refractivity contribution in [2.75, 3.05) is 26.2 Å². The molecule has 4 N–H and O–H groups in total. The molecule has 2 aromatic rings. The van der Waals surface area contributed by atoms with Crippen LogP contribution in [0.2, 0.25) is 0 Å². The average molecular weight is 468 g/mol. The standard InChI is InChI=1S/C31H53N3/c1-2-3-4-5-6-7-9-16-26-34-27-29-22-21-28(30-19-12-13-20-31(29)30)18-11-8-10-15-24-33-25-17-14-23-32/h12-13,19-22,33-34H,2-11,14-18,23-27,32H2,1H3. The molecule has 0 bridgehead atoms. The maximum absolute atomic E-state index is 5.54. The molecule has 0 atom stereocenters. The van der Waals surface area contributed by atoms with Crippen molar-refractivity contribution in [3.8, 4) is 0 Å². The van der Waals surface area contributed by atoms with Crippen LogP contribution in [0.5, 0.6) is 0 Å². The Bertz CT molecular complexity index is 680. The predicted octanol–water partition coefficient (Wildman–Crippen LogP) is 7.50. The van der Waals surface area contributed by atoms with Crippen molar-refractivity contribution >= 4 is 10.8 Å². The topological polar surface area (TPSA) is 50.1 Å². The molecule has 0 aliphatic rings. The number of hydrogen-bond acceptors (Lipinski definition) is 3. The zero-order valence-corrected chi connectivity index (χ0v) is 22.2. The Balaban J connectivity index is 1.64. The van der Waals surface area contributed by atoms with E-state index in [1.165, 1.54) is 112 Å². The third-order valence-electron chi connectivity index (χ3n) is 6.98. The van der Waals surface area contributed by atoms with Gasteiger partial charge in [0, 0.05) is 6.54 Å². The van der Waals surface area contributed by atoms with Crippen LogP contribution in [0.25, 0.3) is 10.8 Å². The minimum atomic E-state index is 0.813. The lowest BCUT2D eigenvalue weighted by Gasteiger charge is -2.12. The predicted molar refractivity (Wildman–Crippen MR) is 152 cm³/mol. The third kappa shape index (κ3) is 12.3. The van der Waals surface area contributed by atoms with E-state index in [0.717, 1.165) is 39.1 Å². The summed E-state index contributed by atoms with van der Waals surface area (Å²) in [5.74, 6) is 0. The lowest BCUT2D eigenvalue weighted by molar-refractivity contribution is 0.555. The highest BCUT2D eigenvalue weighted by atomic mass is 14.8. The Morgan fingerprint density at radius 2 is 1.09 bits per heavy atom. The van der Waals surface area contributed by atoms with Crippen LogP contribution in [0, 0.1) is 0 Å². The molecule has 0 radical (unpaired) electrons. The molecule has 0 aliphatic heterocycles. The van der Waals surface area contributed by atoms with Gasteiger partial charge >= 0.3 is 0 Å². The van der Waals surface area contributed by atoms with Crippen LogP contribution in [-0.4, -0.2) is 26.2 Å². The van der Waals surface area contributed by atoms with Gasteiger partial charge in [0.25, 0.3) is 0 Å². The smallest absolute Gasteiger partial charge is 0.0211 e. The molecule has 3 heteroatoms. The summed E-state index contributed by atoms with van der Waals surface area (Å²) in [6.45, 7) is 7.48. The molecule has 0 saturated heterocycles. The van der Waals surface area contributed by atoms with Crippen LogP contribution in [-0.2, 0) is 13.0 Å². The maximum Gasteiger partial charge on any atom is 0.0211 e. The molecule has 2 aromatic carbocycles. The normalized spacial score (nSPS) is 11.5. The van der Waals surface area contributed by atoms with Gasteiger partial charge in [0.05, 0.1) is 0 Å². The van der Waals surface area contributed by atoms with Crippen LogP contribution < -0.4 is 16.4 Å². The maximum atomic E-state index is 5.54. The summed E-state index contributed by atoms with van der Waals surface area (Å²) < 4.78 is 0. The van der Waals surface area contributed by atoms with Gasteiger partial charge in [-0.3, -0.25) is 0 Å². The van der Waals surface area contributed by atoms with Gasteiger partial charge in [-0.25, -0.2) is 0 Å². The van der Waals surface area contributed by atoms with Crippen LogP contribution in [0.1, 0.15) is 108 Å². The number of nitrogens with one attached hydrogen (secondary N) is 2. The van der Waals surface area contributed by atoms with E-state index in [2.05, 4.69) is 54.0 Å². The molecule has 0 heterocycles. The summed E-state index contributed by atoms with van der Waals surface area (Å²) in [6.07, 6.45) is 19.8. The van der Waals surface area contributed by atoms with E-state index in [0.29, 0.717) is 0 Å². The number of rotatable bonds is 22. The molecular formula is C31H53N3. The quantitative estimate of drug-likeness (QED) is 0.157. The SMILES string of the molecule is CCCCCCCCCCNCc1ccc(CCCCCCNCCCCN)c2ccccc12. The highest BCUT2D eigenvalue weighted by Gasteiger charge is 2.06. The fourth-order valence-electron chi connectivity index (χ4n) is 4.84. The molecule has 0 amide bonds. The van der Waals surface area contributed by atoms with E-state index in [1.54, 1.807) is 0 Å². The molecule has 0 aromatic heterocycles. The van der Waals surface area contributed by atoms with Crippen molar-refractivity contribution in [2.45, 2.75) is 110 Å². The van der Waals surface area contributed by atoms with Crippen molar-refractivity contribution in [2.24, 2.45) is 5.73 Å². The molecule has 0 aliphatic carbocycles. The summed E-state index contributed by atoms with van der Waals surface area (Å²) in [4.78, 5) is 0. The highest BCUT2D eigenvalue weighted by molar-refractivity contribution is 5.88. The molecule has 0 spiro atoms. The van der Waals surface area contributed by atoms with Gasteiger partial charge in [-0.15, -0.1) is 0 Å². The van der Waals surface area contributed by atoms with E-state index in [4.69, 9.17) is 5.73 Å². The first kappa shape index (κ1) is 28.8. The van der Waals surface area contributed by atoms with E-state index < -0.39 is 0 Å². The van der Waals surface area contributed by atoms with Gasteiger partial charge in [0.1, 0.15) is 0 Å². The Hall–Kier alpha value is -1.42. The van der Waals surface area contributed by atoms with Crippen molar-refractivity contribution in [3.05, 3.63) is 47.5 Å². The number of unbranched alkanes of at least 4 members (excludes halogenated alkanes) is 11. The minimum Gasteiger partial charge on any atom is -0.330 e. The van der Waals surface area contributed by atoms with Crippen molar-refractivity contribution in [1.29, 1.82) is 0 Å². The lowest BCUT2D eigenvalue weighted by atomic mass is 9.96. The molecule has 34 heavy (non-hydrogen) atoms. The summed E-state index contributed by atoms with van der Waals surface area (Å²) in [7, 11) is 0. The van der Waals surface area contributed by atoms with Gasteiger partial charge < -0.3 is 16.4 Å². The summed E-state index contributed by atoms with van der Waals surface area (Å²) in [5.41, 5.74) is 8.50. The average Bonchev–Trinajstić information content (AvgIpc) is 2.87. The molecule has 0 unspecified atom stereocenters. The van der Waals surface area contributed by atoms with E-state index in [1.807, 2.05) is 0 Å². The molecule has 3 nitrogen and oxygen atoms in total. The molecular weight excluding hydrogens is 414 g/mol. The highest BCUT2D eigenvalue weighted by Crippen LogP contribution is 2.24. The Kier molecular flexibility index (Phi) is 16.8. The zero-order chi connectivity index (χ0) is 24.1. The van der Waals surface area contributed by atoms with Crippen molar-refractivity contribution < 1.29 is 0 Å². The lowest BCUT2D eigenvalue weighted by Crippen LogP contribution is -2.17. The first-order valence-electron chi connectivity index (χ1n) is 14.5. The van der Waals surface area contributed by atoms with Gasteiger partial charge in [0.2, 0.25) is 0 Å². The van der Waals surface area contributed by atoms with Gasteiger partial charge in [-0.1, -0.05) is 101 Å². The zero-order valence-electron chi connectivity index (χ0n) is 22.2. The number of hydrogen-bond donors (Lipinski definition) is 3. The Morgan fingerprint density at radius 1 is 0.559 bits per heavy atom. The van der Waals surface area contributed by atoms with Crippen LogP contribution in [0.3, 0.4) is 0 Å². The third-order valence-corrected chi connectivity index (χ3v) is 6.98. The molecule has 192 valence electrons. The summed E-state index contributed by atoms with van der Waals surface area (Å²) in [5, 5.41) is 10.1. The largest absolute Gasteiger partial charge is 0.330 e. The fourth-order valence-corrected chi connectivity index (χ4v) is 4.84. The van der Waals surface area contributed by atoms with E-state index in [9.17, 15) is 0 Å². The van der Waals surface area contributed by atoms with Crippen molar-refractivity contribution in [1.82, 2.24) is 10.6 Å². The molecule has 0 saturated carbocycles. The van der Waals surface area contributed by atoms with Crippen LogP contribution >= 0.6 is 0 Å². The first-order chi connectivity index (χ1) is 16.9. The minimum absolute atomic E-state index is 0.813. The van der Waals surface area contributed by atoms with Gasteiger partial charge in [0.15, 0.2) is 0 Å². The second-order valence-electron chi connectivity index (χ2n) is 9.99. The summed E-state index contributed by atoms with van der Waals surface area (Å²) >= 11 is 0. The summed E-state index contributed by atoms with van der Waals surface area (Å²) in [6, 6.07) is 13.8. The fraction of sp³-hybridized carbons (Fsp3) is 0.677. The van der Waals surface area contributed by atoms with Crippen LogP contribution in [0.4, 0.5) is 0 Å². The number of aryl methyl sites for hydroxylation is 1. The second kappa shape index (κ2) is 19.8. The molecule has 0 fully saturated rings. The van der Waals surface area contributed by atoms with Crippen LogP contribution in [0.15, 0.2) is 36.4 Å². The molecule has 2 rings (SSSR count). The van der Waals surface area contributed by atoms with E-state index in [-0.39, 0.29) is 0 Å². The second-order valence-corrected chi connectivity index (χ2v) is 9.99. The van der Waals surface area contributed by atoms with Crippen molar-refractivity contribution in [3.63, 3.8) is 0 Å². The van der Waals surface area contributed by atoms with Gasteiger partial charge in [-0.2, -0.15) is 0 Å². The van der Waals surface area contributed by atoms with E-state index >= 15 is 0 Å². The Labute approximate surface area is 210 Å². The number of fused-ring (bicyclic) bond motifs is 1. The Morgan fingerprint density at radius 3 is 1.76 bits per heavy atom. The monoisotopic (exact) mass is 467 g/mol. The first-order valence-corrected chi connectivity index (χ1v) is 14.5. The number of benzene rings is 2. The van der Waals surface area contributed by atoms with Gasteiger partial charge in [-0.05, 0) is 86.6 Å².